The van der Waals surface area contributed by atoms with Gasteiger partial charge in [-0.3, -0.25) is 4.79 Å². The van der Waals surface area contributed by atoms with Gasteiger partial charge in [-0.15, -0.1) is 0 Å². The van der Waals surface area contributed by atoms with Gasteiger partial charge in [0, 0.05) is 6.61 Å². The van der Waals surface area contributed by atoms with Crippen LogP contribution in [0.5, 0.6) is 0 Å². The fourth-order valence-electron chi connectivity index (χ4n) is 0.582. The summed E-state index contributed by atoms with van der Waals surface area (Å²) in [5, 5.41) is 19.0. The topological polar surface area (TPSA) is 112 Å². The van der Waals surface area contributed by atoms with Gasteiger partial charge in [0.1, 0.15) is 24.4 Å². The minimum Gasteiger partial charge on any atom is -0.388 e. The first-order valence-corrected chi connectivity index (χ1v) is 3.83. The maximum atomic E-state index is 11.0. The summed E-state index contributed by atoms with van der Waals surface area (Å²) in [7, 11) is 0. The summed E-state index contributed by atoms with van der Waals surface area (Å²) < 4.78 is 4.79. The highest BCUT2D eigenvalue weighted by molar-refractivity contribution is 5.80. The molecule has 0 aromatic carbocycles. The Bertz CT molecular complexity index is 321. The first-order chi connectivity index (χ1) is 6.65. The Labute approximate surface area is 81.6 Å². The number of nitrogens with one attached hydrogen (secondary N) is 1. The number of carbonyl (C=O) groups excluding carboxylic acids is 1. The van der Waals surface area contributed by atoms with Gasteiger partial charge in [-0.1, -0.05) is 0 Å². The molecule has 0 atom stereocenters. The number of hydrogen-bond acceptors (Lipinski definition) is 5. The molecule has 0 aliphatic carbocycles. The van der Waals surface area contributed by atoms with Crippen molar-refractivity contribution in [2.75, 3.05) is 13.2 Å². The van der Waals surface area contributed by atoms with E-state index in [9.17, 15) is 4.79 Å². The normalized spacial score (nSPS) is 10.8. The van der Waals surface area contributed by atoms with Crippen molar-refractivity contribution in [1.82, 2.24) is 5.32 Å². The SMILES string of the molecule is CCOCC(=O)N/C(C#N)=C(\N)C#N. The molecule has 3 N–H and O–H groups in total. The molecule has 0 aromatic rings. The second kappa shape index (κ2) is 6.46. The summed E-state index contributed by atoms with van der Waals surface area (Å²) in [5.74, 6) is -0.512. The van der Waals surface area contributed by atoms with Crippen molar-refractivity contribution in [3.8, 4) is 12.1 Å². The Kier molecular flexibility index (Phi) is 5.52. The van der Waals surface area contributed by atoms with Gasteiger partial charge in [-0.2, -0.15) is 10.5 Å². The number of rotatable bonds is 4. The predicted octanol–water partition coefficient (Wildman–Crippen LogP) is -0.643. The van der Waals surface area contributed by atoms with E-state index in [4.69, 9.17) is 21.0 Å². The lowest BCUT2D eigenvalue weighted by atomic mass is 10.3. The molecule has 0 aliphatic heterocycles. The molecule has 0 radical (unpaired) electrons. The van der Waals surface area contributed by atoms with Crippen LogP contribution in [-0.4, -0.2) is 19.1 Å². The summed E-state index contributed by atoms with van der Waals surface area (Å²) in [6.45, 7) is 1.96. The lowest BCUT2D eigenvalue weighted by molar-refractivity contribution is -0.124. The van der Waals surface area contributed by atoms with Crippen molar-refractivity contribution in [3.05, 3.63) is 11.4 Å². The molecule has 0 fully saturated rings. The molecule has 0 saturated carbocycles. The third kappa shape index (κ3) is 4.10. The average Bonchev–Trinajstić information content (AvgIpc) is 2.21. The molecule has 0 heterocycles. The van der Waals surface area contributed by atoms with Gasteiger partial charge >= 0.3 is 0 Å². The summed E-state index contributed by atoms with van der Waals surface area (Å²) in [6.07, 6.45) is 0. The monoisotopic (exact) mass is 194 g/mol. The number of hydrogen-bond donors (Lipinski definition) is 2. The standard InChI is InChI=1S/C8H10N4O2/c1-2-14-5-8(13)12-7(4-10)6(11)3-9/h2,5,11H2,1H3,(H,12,13)/b7-6-. The van der Waals surface area contributed by atoms with E-state index in [1.807, 2.05) is 0 Å². The number of nitriles is 2. The van der Waals surface area contributed by atoms with Crippen LogP contribution in [0.1, 0.15) is 6.92 Å². The van der Waals surface area contributed by atoms with Crippen LogP contribution >= 0.6 is 0 Å². The molecule has 0 aromatic heterocycles. The van der Waals surface area contributed by atoms with E-state index in [1.54, 1.807) is 19.1 Å². The third-order valence-corrected chi connectivity index (χ3v) is 1.20. The Morgan fingerprint density at radius 1 is 1.50 bits per heavy atom. The molecule has 0 saturated heterocycles. The van der Waals surface area contributed by atoms with Crippen LogP contribution < -0.4 is 11.1 Å². The van der Waals surface area contributed by atoms with Crippen LogP contribution in [-0.2, 0) is 9.53 Å². The lowest BCUT2D eigenvalue weighted by Crippen LogP contribution is -2.28. The van der Waals surface area contributed by atoms with Crippen LogP contribution in [0.2, 0.25) is 0 Å². The second-order valence-electron chi connectivity index (χ2n) is 2.20. The summed E-state index contributed by atoms with van der Waals surface area (Å²) >= 11 is 0. The molecule has 14 heavy (non-hydrogen) atoms. The Balaban J connectivity index is 4.31. The Hall–Kier alpha value is -2.05. The van der Waals surface area contributed by atoms with E-state index in [-0.39, 0.29) is 18.0 Å². The van der Waals surface area contributed by atoms with E-state index in [0.29, 0.717) is 6.61 Å². The number of amides is 1. The van der Waals surface area contributed by atoms with Gasteiger partial charge in [0.25, 0.3) is 5.91 Å². The molecule has 0 unspecified atom stereocenters. The van der Waals surface area contributed by atoms with Crippen LogP contribution in [0.4, 0.5) is 0 Å². The fourth-order valence-corrected chi connectivity index (χ4v) is 0.582. The number of ether oxygens (including phenoxy) is 1. The molecule has 0 aliphatic rings. The van der Waals surface area contributed by atoms with Crippen molar-refractivity contribution in [3.63, 3.8) is 0 Å². The van der Waals surface area contributed by atoms with Crippen molar-refractivity contribution in [2.24, 2.45) is 5.73 Å². The maximum Gasteiger partial charge on any atom is 0.250 e. The predicted molar refractivity (Wildman–Crippen MR) is 47.1 cm³/mol. The molecule has 0 bridgehead atoms. The minimum atomic E-state index is -0.512. The van der Waals surface area contributed by atoms with Gasteiger partial charge in [0.15, 0.2) is 5.70 Å². The smallest absolute Gasteiger partial charge is 0.250 e. The van der Waals surface area contributed by atoms with Crippen LogP contribution in [0.25, 0.3) is 0 Å². The van der Waals surface area contributed by atoms with Crippen LogP contribution in [0.3, 0.4) is 0 Å². The van der Waals surface area contributed by atoms with Crippen molar-refractivity contribution in [1.29, 1.82) is 10.5 Å². The highest BCUT2D eigenvalue weighted by Gasteiger charge is 2.07. The van der Waals surface area contributed by atoms with Gasteiger partial charge in [-0.05, 0) is 6.92 Å². The lowest BCUT2D eigenvalue weighted by Gasteiger charge is -2.03. The summed E-state index contributed by atoms with van der Waals surface area (Å²) in [4.78, 5) is 11.0. The Morgan fingerprint density at radius 3 is 2.57 bits per heavy atom. The highest BCUT2D eigenvalue weighted by atomic mass is 16.5. The fraction of sp³-hybridized carbons (Fsp3) is 0.375. The zero-order chi connectivity index (χ0) is 11.0. The van der Waals surface area contributed by atoms with E-state index < -0.39 is 5.91 Å². The quantitative estimate of drug-likeness (QED) is 0.578. The molecular weight excluding hydrogens is 184 g/mol. The van der Waals surface area contributed by atoms with Crippen molar-refractivity contribution in [2.45, 2.75) is 6.92 Å². The van der Waals surface area contributed by atoms with Gasteiger partial charge in [0.05, 0.1) is 0 Å². The third-order valence-electron chi connectivity index (χ3n) is 1.20. The molecule has 6 nitrogen and oxygen atoms in total. The van der Waals surface area contributed by atoms with Gasteiger partial charge < -0.3 is 15.8 Å². The zero-order valence-corrected chi connectivity index (χ0v) is 7.70. The first-order valence-electron chi connectivity index (χ1n) is 3.83. The van der Waals surface area contributed by atoms with Crippen molar-refractivity contribution < 1.29 is 9.53 Å². The number of allylic oxidation sites excluding steroid dienone is 2. The molecule has 1 amide bonds. The van der Waals surface area contributed by atoms with Gasteiger partial charge in [-0.25, -0.2) is 0 Å². The average molecular weight is 194 g/mol. The van der Waals surface area contributed by atoms with E-state index in [2.05, 4.69) is 5.32 Å². The molecule has 0 rings (SSSR count). The number of carbonyl (C=O) groups is 1. The minimum absolute atomic E-state index is 0.166. The molecular formula is C8H10N4O2. The van der Waals surface area contributed by atoms with Crippen molar-refractivity contribution >= 4 is 5.91 Å². The molecule has 6 heteroatoms. The number of nitrogens with zero attached hydrogens (tertiary/aromatic N) is 2. The van der Waals surface area contributed by atoms with E-state index in [0.717, 1.165) is 0 Å². The van der Waals surface area contributed by atoms with E-state index in [1.165, 1.54) is 0 Å². The molecule has 74 valence electrons. The highest BCUT2D eigenvalue weighted by Crippen LogP contribution is 1.91. The van der Waals surface area contributed by atoms with Gasteiger partial charge in [0.2, 0.25) is 0 Å². The summed E-state index contributed by atoms with van der Waals surface area (Å²) in [6, 6.07) is 3.16. The van der Waals surface area contributed by atoms with Crippen LogP contribution in [0.15, 0.2) is 11.4 Å². The summed E-state index contributed by atoms with van der Waals surface area (Å²) in [5.41, 5.74) is 4.57. The Morgan fingerprint density at radius 2 is 2.14 bits per heavy atom. The number of nitrogens with two attached hydrogens (primary N) is 1. The zero-order valence-electron chi connectivity index (χ0n) is 7.70. The largest absolute Gasteiger partial charge is 0.388 e. The second-order valence-corrected chi connectivity index (χ2v) is 2.20. The van der Waals surface area contributed by atoms with E-state index >= 15 is 0 Å². The maximum absolute atomic E-state index is 11.0. The molecule has 0 spiro atoms. The van der Waals surface area contributed by atoms with Crippen LogP contribution in [0, 0.1) is 22.7 Å². The first kappa shape index (κ1) is 11.9.